The number of nitrogens with zero attached hydrogens (tertiary/aromatic N) is 1. The Hall–Kier alpha value is -2.52. The molecule has 9 nitrogen and oxygen atoms in total. The van der Waals surface area contributed by atoms with Crippen molar-refractivity contribution >= 4 is 17.6 Å². The maximum absolute atomic E-state index is 11.9. The molecule has 0 aliphatic carbocycles. The summed E-state index contributed by atoms with van der Waals surface area (Å²) >= 11 is 0. The van der Waals surface area contributed by atoms with Crippen LogP contribution in [0.2, 0.25) is 0 Å². The van der Waals surface area contributed by atoms with Crippen molar-refractivity contribution in [2.75, 3.05) is 33.5 Å². The van der Waals surface area contributed by atoms with E-state index in [1.165, 1.54) is 7.11 Å². The molecular weight excluding hydrogens is 296 g/mol. The minimum absolute atomic E-state index is 0.0940. The highest BCUT2D eigenvalue weighted by molar-refractivity contribution is 5.98. The normalized spacial score (nSPS) is 10.2. The van der Waals surface area contributed by atoms with Crippen molar-refractivity contribution in [3.63, 3.8) is 0 Å². The van der Waals surface area contributed by atoms with E-state index in [-0.39, 0.29) is 24.3 Å². The van der Waals surface area contributed by atoms with Crippen molar-refractivity contribution in [2.45, 2.75) is 0 Å². The molecule has 0 radical (unpaired) electrons. The molecule has 0 unspecified atom stereocenters. The molecule has 0 aliphatic heterocycles. The van der Waals surface area contributed by atoms with Crippen molar-refractivity contribution in [2.24, 2.45) is 0 Å². The van der Waals surface area contributed by atoms with Crippen LogP contribution in [0.4, 0.5) is 5.69 Å². The van der Waals surface area contributed by atoms with Crippen molar-refractivity contribution in [1.29, 1.82) is 0 Å². The van der Waals surface area contributed by atoms with Gasteiger partial charge in [-0.3, -0.25) is 14.9 Å². The molecule has 1 aromatic rings. The molecule has 0 aliphatic rings. The van der Waals surface area contributed by atoms with Gasteiger partial charge in [0.15, 0.2) is 0 Å². The summed E-state index contributed by atoms with van der Waals surface area (Å²) in [5, 5.41) is 22.2. The highest BCUT2D eigenvalue weighted by Gasteiger charge is 2.17. The Bertz CT molecular complexity index is 527. The third kappa shape index (κ3) is 5.46. The van der Waals surface area contributed by atoms with Crippen molar-refractivity contribution in [1.82, 2.24) is 5.32 Å². The first-order chi connectivity index (χ1) is 10.5. The second-order valence-corrected chi connectivity index (χ2v) is 4.19. The zero-order chi connectivity index (χ0) is 16.5. The second kappa shape index (κ2) is 8.70. The fourth-order valence-electron chi connectivity index (χ4n) is 1.55. The minimum Gasteiger partial charge on any atom is -0.478 e. The van der Waals surface area contributed by atoms with Crippen LogP contribution in [-0.4, -0.2) is 55.4 Å². The third-order valence-corrected chi connectivity index (χ3v) is 2.60. The molecule has 0 atom stereocenters. The Morgan fingerprint density at radius 2 is 1.91 bits per heavy atom. The van der Waals surface area contributed by atoms with Crippen LogP contribution in [0, 0.1) is 10.1 Å². The largest absolute Gasteiger partial charge is 0.478 e. The summed E-state index contributed by atoms with van der Waals surface area (Å²) < 4.78 is 9.92. The van der Waals surface area contributed by atoms with Crippen molar-refractivity contribution < 1.29 is 29.1 Å². The van der Waals surface area contributed by atoms with Crippen LogP contribution in [0.1, 0.15) is 20.7 Å². The molecular formula is C13H16N2O7. The predicted molar refractivity (Wildman–Crippen MR) is 75.1 cm³/mol. The van der Waals surface area contributed by atoms with Crippen LogP contribution >= 0.6 is 0 Å². The zero-order valence-corrected chi connectivity index (χ0v) is 11.9. The van der Waals surface area contributed by atoms with Gasteiger partial charge < -0.3 is 19.9 Å². The van der Waals surface area contributed by atoms with Gasteiger partial charge in [-0.25, -0.2) is 4.79 Å². The van der Waals surface area contributed by atoms with Gasteiger partial charge in [-0.15, -0.1) is 0 Å². The molecule has 1 amide bonds. The number of carbonyl (C=O) groups excluding carboxylic acids is 1. The van der Waals surface area contributed by atoms with E-state index in [0.29, 0.717) is 13.2 Å². The molecule has 1 rings (SSSR count). The molecule has 0 heterocycles. The minimum atomic E-state index is -1.35. The number of nitro benzene ring substituents is 1. The fourth-order valence-corrected chi connectivity index (χ4v) is 1.55. The first-order valence-corrected chi connectivity index (χ1v) is 6.33. The lowest BCUT2D eigenvalue weighted by Crippen LogP contribution is -2.28. The second-order valence-electron chi connectivity index (χ2n) is 4.19. The molecule has 2 N–H and O–H groups in total. The summed E-state index contributed by atoms with van der Waals surface area (Å²) in [6.07, 6.45) is 0. The Balaban J connectivity index is 2.68. The summed E-state index contributed by atoms with van der Waals surface area (Å²) in [6, 6.07) is 3.00. The maximum atomic E-state index is 11.9. The number of methoxy groups -OCH3 is 1. The van der Waals surface area contributed by atoms with Crippen LogP contribution in [0.3, 0.4) is 0 Å². The Morgan fingerprint density at radius 3 is 2.50 bits per heavy atom. The van der Waals surface area contributed by atoms with Crippen LogP contribution in [0.25, 0.3) is 0 Å². The number of nitrogens with one attached hydrogen (secondary N) is 1. The van der Waals surface area contributed by atoms with Crippen LogP contribution in [0.15, 0.2) is 18.2 Å². The first-order valence-electron chi connectivity index (χ1n) is 6.33. The lowest BCUT2D eigenvalue weighted by molar-refractivity contribution is -0.384. The Kier molecular flexibility index (Phi) is 6.93. The molecule has 0 saturated carbocycles. The number of amides is 1. The predicted octanol–water partition coefficient (Wildman–Crippen LogP) is 0.686. The molecule has 22 heavy (non-hydrogen) atoms. The molecule has 9 heteroatoms. The molecule has 0 aromatic heterocycles. The monoisotopic (exact) mass is 312 g/mol. The maximum Gasteiger partial charge on any atom is 0.335 e. The number of carboxylic acids is 1. The van der Waals surface area contributed by atoms with Crippen molar-refractivity contribution in [3.8, 4) is 0 Å². The molecule has 0 saturated heterocycles. The van der Waals surface area contributed by atoms with E-state index in [4.69, 9.17) is 14.6 Å². The van der Waals surface area contributed by atoms with Gasteiger partial charge in [0.05, 0.1) is 30.3 Å². The standard InChI is InChI=1S/C13H16N2O7/c1-21-4-5-22-3-2-14-12(16)9-6-10(13(17)18)8-11(7-9)15(19)20/h6-8H,2-5H2,1H3,(H,14,16)(H,17,18). The third-order valence-electron chi connectivity index (χ3n) is 2.60. The highest BCUT2D eigenvalue weighted by Crippen LogP contribution is 2.17. The van der Waals surface area contributed by atoms with Gasteiger partial charge in [0.2, 0.25) is 0 Å². The zero-order valence-electron chi connectivity index (χ0n) is 11.9. The fraction of sp³-hybridized carbons (Fsp3) is 0.385. The number of carboxylic acid groups (broad SMARTS) is 1. The van der Waals surface area contributed by atoms with E-state index in [1.807, 2.05) is 0 Å². The number of non-ortho nitro benzene ring substituents is 1. The number of benzene rings is 1. The molecule has 0 spiro atoms. The lowest BCUT2D eigenvalue weighted by Gasteiger charge is -2.07. The summed E-state index contributed by atoms with van der Waals surface area (Å²) in [6.45, 7) is 1.25. The summed E-state index contributed by atoms with van der Waals surface area (Å²) in [5.41, 5.74) is -0.874. The van der Waals surface area contributed by atoms with E-state index in [0.717, 1.165) is 18.2 Å². The van der Waals surface area contributed by atoms with E-state index in [2.05, 4.69) is 5.32 Å². The average Bonchev–Trinajstić information content (AvgIpc) is 2.49. The first kappa shape index (κ1) is 17.5. The van der Waals surface area contributed by atoms with E-state index in [1.54, 1.807) is 0 Å². The van der Waals surface area contributed by atoms with Gasteiger partial charge in [0.25, 0.3) is 11.6 Å². The number of hydrogen-bond acceptors (Lipinski definition) is 6. The highest BCUT2D eigenvalue weighted by atomic mass is 16.6. The van der Waals surface area contributed by atoms with E-state index >= 15 is 0 Å². The van der Waals surface area contributed by atoms with E-state index < -0.39 is 22.5 Å². The number of nitro groups is 1. The van der Waals surface area contributed by atoms with Gasteiger partial charge >= 0.3 is 5.97 Å². The lowest BCUT2D eigenvalue weighted by atomic mass is 10.1. The number of rotatable bonds is 9. The molecule has 120 valence electrons. The Labute approximate surface area is 126 Å². The number of ether oxygens (including phenoxy) is 2. The smallest absolute Gasteiger partial charge is 0.335 e. The van der Waals surface area contributed by atoms with Gasteiger partial charge in [0.1, 0.15) is 0 Å². The molecule has 0 fully saturated rings. The van der Waals surface area contributed by atoms with Crippen LogP contribution < -0.4 is 5.32 Å². The average molecular weight is 312 g/mol. The quantitative estimate of drug-likeness (QED) is 0.390. The molecule has 1 aromatic carbocycles. The summed E-state index contributed by atoms with van der Waals surface area (Å²) in [7, 11) is 1.54. The summed E-state index contributed by atoms with van der Waals surface area (Å²) in [4.78, 5) is 32.8. The van der Waals surface area contributed by atoms with Gasteiger partial charge in [-0.1, -0.05) is 0 Å². The topological polar surface area (TPSA) is 128 Å². The van der Waals surface area contributed by atoms with Gasteiger partial charge in [0, 0.05) is 31.4 Å². The number of aromatic carboxylic acids is 1. The SMILES string of the molecule is COCCOCCNC(=O)c1cc(C(=O)O)cc([N+](=O)[O-])c1. The molecule has 0 bridgehead atoms. The van der Waals surface area contributed by atoms with Crippen LogP contribution in [0.5, 0.6) is 0 Å². The van der Waals surface area contributed by atoms with E-state index in [9.17, 15) is 19.7 Å². The van der Waals surface area contributed by atoms with Crippen LogP contribution in [-0.2, 0) is 9.47 Å². The van der Waals surface area contributed by atoms with Gasteiger partial charge in [-0.05, 0) is 6.07 Å². The van der Waals surface area contributed by atoms with Gasteiger partial charge in [-0.2, -0.15) is 0 Å². The van der Waals surface area contributed by atoms with Crippen molar-refractivity contribution in [3.05, 3.63) is 39.4 Å². The number of hydrogen-bond donors (Lipinski definition) is 2. The Morgan fingerprint density at radius 1 is 1.23 bits per heavy atom. The summed E-state index contributed by atoms with van der Waals surface area (Å²) in [5.74, 6) is -1.96. The number of carbonyl (C=O) groups is 2.